The minimum atomic E-state index is -0.607. The van der Waals surface area contributed by atoms with Crippen molar-refractivity contribution >= 4 is 46.6 Å². The molecule has 0 saturated carbocycles. The van der Waals surface area contributed by atoms with Gasteiger partial charge in [-0.25, -0.2) is 4.39 Å². The summed E-state index contributed by atoms with van der Waals surface area (Å²) in [4.78, 5) is 24.3. The fraction of sp³-hybridized carbons (Fsp3) is 0.125. The average Bonchev–Trinajstić information content (AvgIpc) is 2.50. The van der Waals surface area contributed by atoms with Crippen molar-refractivity contribution in [2.75, 3.05) is 16.9 Å². The Balaban J connectivity index is 2.28. The van der Waals surface area contributed by atoms with Crippen LogP contribution in [-0.2, 0) is 4.79 Å². The molecule has 120 valence electrons. The minimum Gasteiger partial charge on any atom is -0.326 e. The largest absolute Gasteiger partial charge is 0.326 e. The number of thioether (sulfide) groups is 1. The Morgan fingerprint density at radius 1 is 1.13 bits per heavy atom. The molecule has 0 fully saturated rings. The van der Waals surface area contributed by atoms with Crippen LogP contribution in [0.3, 0.4) is 0 Å². The summed E-state index contributed by atoms with van der Waals surface area (Å²) in [7, 11) is 0. The topological polar surface area (TPSA) is 58.2 Å². The van der Waals surface area contributed by atoms with Crippen LogP contribution in [0.4, 0.5) is 15.8 Å². The summed E-state index contributed by atoms with van der Waals surface area (Å²) < 4.78 is 13.9. The first-order valence-electron chi connectivity index (χ1n) is 6.62. The molecule has 0 saturated heterocycles. The van der Waals surface area contributed by atoms with E-state index in [-0.39, 0.29) is 22.2 Å². The molecule has 2 rings (SSSR count). The Hall–Kier alpha value is -2.05. The van der Waals surface area contributed by atoms with E-state index in [1.807, 2.05) is 6.26 Å². The molecule has 0 aliphatic carbocycles. The van der Waals surface area contributed by atoms with Crippen LogP contribution in [-0.4, -0.2) is 18.1 Å². The Labute approximate surface area is 142 Å². The Bertz CT molecular complexity index is 768. The first kappa shape index (κ1) is 17.3. The number of amides is 2. The highest BCUT2D eigenvalue weighted by Crippen LogP contribution is 2.25. The fourth-order valence-corrected chi connectivity index (χ4v) is 2.54. The molecule has 0 aromatic heterocycles. The van der Waals surface area contributed by atoms with E-state index < -0.39 is 11.7 Å². The lowest BCUT2D eigenvalue weighted by Gasteiger charge is -2.10. The quantitative estimate of drug-likeness (QED) is 0.801. The highest BCUT2D eigenvalue weighted by atomic mass is 35.5. The molecule has 0 atom stereocenters. The lowest BCUT2D eigenvalue weighted by molar-refractivity contribution is -0.114. The third-order valence-corrected chi connectivity index (χ3v) is 4.01. The lowest BCUT2D eigenvalue weighted by atomic mass is 10.2. The second kappa shape index (κ2) is 7.48. The maximum Gasteiger partial charge on any atom is 0.257 e. The zero-order chi connectivity index (χ0) is 17.0. The predicted octanol–water partition coefficient (Wildman–Crippen LogP) is 4.41. The van der Waals surface area contributed by atoms with E-state index in [1.54, 1.807) is 18.2 Å². The monoisotopic (exact) mass is 352 g/mol. The van der Waals surface area contributed by atoms with Gasteiger partial charge in [0, 0.05) is 17.5 Å². The van der Waals surface area contributed by atoms with E-state index in [2.05, 4.69) is 10.6 Å². The van der Waals surface area contributed by atoms with Crippen LogP contribution in [0.25, 0.3) is 0 Å². The van der Waals surface area contributed by atoms with Gasteiger partial charge in [0.25, 0.3) is 5.91 Å². The molecular formula is C16H14ClFN2O2S. The van der Waals surface area contributed by atoms with Crippen molar-refractivity contribution in [1.82, 2.24) is 0 Å². The van der Waals surface area contributed by atoms with Crippen LogP contribution >= 0.6 is 23.4 Å². The van der Waals surface area contributed by atoms with Gasteiger partial charge in [-0.3, -0.25) is 9.59 Å². The normalized spacial score (nSPS) is 10.3. The van der Waals surface area contributed by atoms with Gasteiger partial charge in [-0.15, -0.1) is 11.8 Å². The first-order valence-corrected chi connectivity index (χ1v) is 8.23. The summed E-state index contributed by atoms with van der Waals surface area (Å²) in [5.74, 6) is -1.42. The summed E-state index contributed by atoms with van der Waals surface area (Å²) in [6.45, 7) is 1.34. The fourth-order valence-electron chi connectivity index (χ4n) is 1.90. The van der Waals surface area contributed by atoms with Crippen LogP contribution in [0.5, 0.6) is 0 Å². The number of carbonyl (C=O) groups excluding carboxylic acids is 2. The Morgan fingerprint density at radius 3 is 2.52 bits per heavy atom. The van der Waals surface area contributed by atoms with Gasteiger partial charge in [0.05, 0.1) is 16.3 Å². The van der Waals surface area contributed by atoms with Crippen LogP contribution < -0.4 is 10.6 Å². The summed E-state index contributed by atoms with van der Waals surface area (Å²) in [5.41, 5.74) is 0.605. The predicted molar refractivity (Wildman–Crippen MR) is 91.9 cm³/mol. The molecule has 0 spiro atoms. The molecule has 2 amide bonds. The van der Waals surface area contributed by atoms with Crippen molar-refractivity contribution in [3.63, 3.8) is 0 Å². The number of nitrogens with one attached hydrogen (secondary N) is 2. The zero-order valence-electron chi connectivity index (χ0n) is 12.4. The van der Waals surface area contributed by atoms with Crippen molar-refractivity contribution in [2.24, 2.45) is 0 Å². The molecule has 7 heteroatoms. The van der Waals surface area contributed by atoms with Crippen molar-refractivity contribution in [3.05, 3.63) is 52.8 Å². The number of rotatable bonds is 4. The minimum absolute atomic E-state index is 0.0353. The molecule has 0 heterocycles. The van der Waals surface area contributed by atoms with Crippen molar-refractivity contribution in [2.45, 2.75) is 11.8 Å². The van der Waals surface area contributed by atoms with Crippen LogP contribution in [0.1, 0.15) is 17.3 Å². The van der Waals surface area contributed by atoms with Crippen molar-refractivity contribution < 1.29 is 14.0 Å². The van der Waals surface area contributed by atoms with Crippen LogP contribution in [0.2, 0.25) is 5.02 Å². The molecule has 0 radical (unpaired) electrons. The van der Waals surface area contributed by atoms with Crippen molar-refractivity contribution in [3.8, 4) is 0 Å². The smallest absolute Gasteiger partial charge is 0.257 e. The van der Waals surface area contributed by atoms with Crippen LogP contribution in [0, 0.1) is 5.82 Å². The molecule has 4 nitrogen and oxygen atoms in total. The number of hydrogen-bond donors (Lipinski definition) is 2. The van der Waals surface area contributed by atoms with Gasteiger partial charge in [-0.05, 0) is 42.7 Å². The van der Waals surface area contributed by atoms with E-state index in [0.29, 0.717) is 5.69 Å². The molecule has 0 aliphatic rings. The number of halogens is 2. The van der Waals surface area contributed by atoms with E-state index in [4.69, 9.17) is 11.6 Å². The lowest BCUT2D eigenvalue weighted by Crippen LogP contribution is -2.14. The third-order valence-electron chi connectivity index (χ3n) is 2.95. The molecule has 2 aromatic rings. The Morgan fingerprint density at radius 2 is 1.87 bits per heavy atom. The van der Waals surface area contributed by atoms with E-state index in [0.717, 1.165) is 4.90 Å². The first-order chi connectivity index (χ1) is 10.9. The third kappa shape index (κ3) is 4.46. The Kier molecular flexibility index (Phi) is 5.63. The number of benzene rings is 2. The second-order valence-corrected chi connectivity index (χ2v) is 5.96. The SMILES string of the molecule is CSc1ccc(Cl)c(C(=O)Nc2cc(NC(C)=O)ccc2F)c1. The maximum atomic E-state index is 13.9. The molecule has 0 bridgehead atoms. The molecular weight excluding hydrogens is 339 g/mol. The number of hydrogen-bond acceptors (Lipinski definition) is 3. The van der Waals surface area contributed by atoms with Crippen molar-refractivity contribution in [1.29, 1.82) is 0 Å². The van der Waals surface area contributed by atoms with Gasteiger partial charge in [0.2, 0.25) is 5.91 Å². The molecule has 0 unspecified atom stereocenters. The second-order valence-electron chi connectivity index (χ2n) is 4.68. The molecule has 0 aliphatic heterocycles. The van der Waals surface area contributed by atoms with Gasteiger partial charge in [0.1, 0.15) is 5.82 Å². The van der Waals surface area contributed by atoms with E-state index in [1.165, 1.54) is 36.9 Å². The highest BCUT2D eigenvalue weighted by Gasteiger charge is 2.14. The van der Waals surface area contributed by atoms with Gasteiger partial charge < -0.3 is 10.6 Å². The average molecular weight is 353 g/mol. The van der Waals surface area contributed by atoms with E-state index in [9.17, 15) is 14.0 Å². The maximum absolute atomic E-state index is 13.9. The summed E-state index contributed by atoms with van der Waals surface area (Å²) in [6, 6.07) is 8.97. The van der Waals surface area contributed by atoms with E-state index >= 15 is 0 Å². The molecule has 2 N–H and O–H groups in total. The van der Waals surface area contributed by atoms with Gasteiger partial charge in [0.15, 0.2) is 0 Å². The van der Waals surface area contributed by atoms with Gasteiger partial charge in [-0.1, -0.05) is 11.6 Å². The summed E-state index contributed by atoms with van der Waals surface area (Å²) >= 11 is 7.50. The van der Waals surface area contributed by atoms with Gasteiger partial charge in [-0.2, -0.15) is 0 Å². The highest BCUT2D eigenvalue weighted by molar-refractivity contribution is 7.98. The van der Waals surface area contributed by atoms with Gasteiger partial charge >= 0.3 is 0 Å². The summed E-state index contributed by atoms with van der Waals surface area (Å²) in [5, 5.41) is 5.28. The number of anilines is 2. The zero-order valence-corrected chi connectivity index (χ0v) is 14.0. The molecule has 2 aromatic carbocycles. The molecule has 23 heavy (non-hydrogen) atoms. The standard InChI is InChI=1S/C16H14ClFN2O2S/c1-9(21)19-10-3-6-14(18)15(7-10)20-16(22)12-8-11(23-2)4-5-13(12)17/h3-8H,1-2H3,(H,19,21)(H,20,22). The van der Waals surface area contributed by atoms with Crippen LogP contribution in [0.15, 0.2) is 41.3 Å². The number of carbonyl (C=O) groups is 2. The summed E-state index contributed by atoms with van der Waals surface area (Å²) in [6.07, 6.45) is 1.88.